The van der Waals surface area contributed by atoms with Crippen LogP contribution in [0.4, 0.5) is 15.8 Å². The number of nitrogens with one attached hydrogen (secondary N) is 1. The van der Waals surface area contributed by atoms with Gasteiger partial charge >= 0.3 is 5.69 Å². The van der Waals surface area contributed by atoms with Crippen LogP contribution in [0.15, 0.2) is 34.7 Å². The standard InChI is InChI=1S/C12H8FN3O3/c13-11-5-8(1-4-12(11)16(17)18)15-7-10-3-2-9(6-14)19-10/h1-5,15H,7H2. The summed E-state index contributed by atoms with van der Waals surface area (Å²) < 4.78 is 18.5. The average molecular weight is 261 g/mol. The minimum Gasteiger partial charge on any atom is -0.449 e. The third-order valence-corrected chi connectivity index (χ3v) is 2.38. The molecule has 0 atom stereocenters. The highest BCUT2D eigenvalue weighted by Crippen LogP contribution is 2.21. The summed E-state index contributed by atoms with van der Waals surface area (Å²) in [5.74, 6) is -0.214. The second-order valence-corrected chi connectivity index (χ2v) is 3.65. The lowest BCUT2D eigenvalue weighted by atomic mass is 10.2. The molecule has 2 aromatic rings. The first-order valence-corrected chi connectivity index (χ1v) is 5.27. The number of hydrogen-bond donors (Lipinski definition) is 1. The van der Waals surface area contributed by atoms with Crippen molar-refractivity contribution < 1.29 is 13.7 Å². The maximum absolute atomic E-state index is 13.3. The van der Waals surface area contributed by atoms with Crippen LogP contribution >= 0.6 is 0 Å². The SMILES string of the molecule is N#Cc1ccc(CNc2ccc([N+](=O)[O-])c(F)c2)o1. The van der Waals surface area contributed by atoms with Crippen molar-refractivity contribution in [2.24, 2.45) is 0 Å². The molecule has 1 heterocycles. The number of rotatable bonds is 4. The molecule has 0 aliphatic heterocycles. The van der Waals surface area contributed by atoms with Crippen LogP contribution in [0, 0.1) is 27.3 Å². The van der Waals surface area contributed by atoms with E-state index in [2.05, 4.69) is 5.32 Å². The summed E-state index contributed by atoms with van der Waals surface area (Å²) >= 11 is 0. The van der Waals surface area contributed by atoms with E-state index in [0.29, 0.717) is 11.4 Å². The summed E-state index contributed by atoms with van der Waals surface area (Å²) in [5.41, 5.74) is -0.187. The smallest absolute Gasteiger partial charge is 0.304 e. The van der Waals surface area contributed by atoms with Crippen LogP contribution in [-0.4, -0.2) is 4.92 Å². The molecular weight excluding hydrogens is 253 g/mol. The molecule has 0 radical (unpaired) electrons. The first-order chi connectivity index (χ1) is 9.10. The number of nitriles is 1. The minimum atomic E-state index is -0.910. The molecule has 0 aliphatic carbocycles. The van der Waals surface area contributed by atoms with E-state index in [1.54, 1.807) is 6.07 Å². The van der Waals surface area contributed by atoms with E-state index >= 15 is 0 Å². The minimum absolute atomic E-state index is 0.187. The molecule has 1 aromatic carbocycles. The number of nitro groups is 1. The number of halogens is 1. The normalized spacial score (nSPS) is 9.89. The molecule has 0 saturated heterocycles. The van der Waals surface area contributed by atoms with Gasteiger partial charge in [-0.15, -0.1) is 0 Å². The Kier molecular flexibility index (Phi) is 3.43. The van der Waals surface area contributed by atoms with Crippen molar-refractivity contribution in [2.45, 2.75) is 6.54 Å². The first kappa shape index (κ1) is 12.6. The fourth-order valence-electron chi connectivity index (χ4n) is 1.49. The van der Waals surface area contributed by atoms with Crippen LogP contribution in [0.2, 0.25) is 0 Å². The molecule has 0 spiro atoms. The molecular formula is C12H8FN3O3. The highest BCUT2D eigenvalue weighted by molar-refractivity contribution is 5.49. The zero-order valence-electron chi connectivity index (χ0n) is 9.59. The predicted octanol–water partition coefficient (Wildman–Crippen LogP) is 2.81. The number of hydrogen-bond acceptors (Lipinski definition) is 5. The van der Waals surface area contributed by atoms with E-state index in [1.807, 2.05) is 6.07 Å². The Bertz CT molecular complexity index is 660. The molecule has 1 N–H and O–H groups in total. The Morgan fingerprint density at radius 3 is 2.79 bits per heavy atom. The molecule has 0 bridgehead atoms. The zero-order valence-corrected chi connectivity index (χ0v) is 9.59. The molecule has 0 unspecified atom stereocenters. The van der Waals surface area contributed by atoms with E-state index in [9.17, 15) is 14.5 Å². The average Bonchev–Trinajstić information content (AvgIpc) is 2.84. The molecule has 0 aliphatic rings. The van der Waals surface area contributed by atoms with Crippen LogP contribution in [-0.2, 0) is 6.54 Å². The van der Waals surface area contributed by atoms with E-state index in [0.717, 1.165) is 12.1 Å². The van der Waals surface area contributed by atoms with Crippen molar-refractivity contribution >= 4 is 11.4 Å². The highest BCUT2D eigenvalue weighted by Gasteiger charge is 2.13. The van der Waals surface area contributed by atoms with Crippen molar-refractivity contribution in [3.63, 3.8) is 0 Å². The molecule has 0 fully saturated rings. The number of nitrogens with zero attached hydrogens (tertiary/aromatic N) is 2. The Balaban J connectivity index is 2.06. The summed E-state index contributed by atoms with van der Waals surface area (Å²) in [6.45, 7) is 0.249. The lowest BCUT2D eigenvalue weighted by Gasteiger charge is -2.04. The van der Waals surface area contributed by atoms with Gasteiger partial charge in [-0.25, -0.2) is 0 Å². The molecule has 6 nitrogen and oxygen atoms in total. The summed E-state index contributed by atoms with van der Waals surface area (Å²) in [6, 6.07) is 8.50. The molecule has 7 heteroatoms. The van der Waals surface area contributed by atoms with Gasteiger partial charge in [0.2, 0.25) is 11.6 Å². The third-order valence-electron chi connectivity index (χ3n) is 2.38. The molecule has 19 heavy (non-hydrogen) atoms. The number of anilines is 1. The molecule has 96 valence electrons. The van der Waals surface area contributed by atoms with Gasteiger partial charge in [-0.1, -0.05) is 0 Å². The zero-order chi connectivity index (χ0) is 13.8. The summed E-state index contributed by atoms with van der Waals surface area (Å²) in [4.78, 5) is 9.66. The van der Waals surface area contributed by atoms with E-state index in [4.69, 9.17) is 9.68 Å². The van der Waals surface area contributed by atoms with Crippen LogP contribution < -0.4 is 5.32 Å². The maximum Gasteiger partial charge on any atom is 0.304 e. The monoisotopic (exact) mass is 261 g/mol. The summed E-state index contributed by atoms with van der Waals surface area (Å²) in [6.07, 6.45) is 0. The van der Waals surface area contributed by atoms with Crippen LogP contribution in [0.5, 0.6) is 0 Å². The van der Waals surface area contributed by atoms with Gasteiger partial charge in [-0.05, 0) is 18.2 Å². The molecule has 0 amide bonds. The molecule has 2 rings (SSSR count). The quantitative estimate of drug-likeness (QED) is 0.674. The Hall–Kier alpha value is -2.88. The van der Waals surface area contributed by atoms with Crippen LogP contribution in [0.25, 0.3) is 0 Å². The van der Waals surface area contributed by atoms with Crippen LogP contribution in [0.3, 0.4) is 0 Å². The lowest BCUT2D eigenvalue weighted by Crippen LogP contribution is -2.00. The van der Waals surface area contributed by atoms with Crippen molar-refractivity contribution in [3.05, 3.63) is 57.8 Å². The van der Waals surface area contributed by atoms with Crippen molar-refractivity contribution in [1.82, 2.24) is 0 Å². The molecule has 0 saturated carbocycles. The van der Waals surface area contributed by atoms with Gasteiger partial charge in [0.25, 0.3) is 0 Å². The van der Waals surface area contributed by atoms with Gasteiger partial charge in [0.1, 0.15) is 11.8 Å². The summed E-state index contributed by atoms with van der Waals surface area (Å²) in [7, 11) is 0. The highest BCUT2D eigenvalue weighted by atomic mass is 19.1. The van der Waals surface area contributed by atoms with Crippen LogP contribution in [0.1, 0.15) is 11.5 Å². The van der Waals surface area contributed by atoms with Gasteiger partial charge in [0.15, 0.2) is 0 Å². The molecule has 1 aromatic heterocycles. The summed E-state index contributed by atoms with van der Waals surface area (Å²) in [5, 5.41) is 21.9. The fraction of sp³-hybridized carbons (Fsp3) is 0.0833. The van der Waals surface area contributed by atoms with E-state index < -0.39 is 16.4 Å². The van der Waals surface area contributed by atoms with Gasteiger partial charge in [-0.3, -0.25) is 10.1 Å². The van der Waals surface area contributed by atoms with Gasteiger partial charge in [0.05, 0.1) is 11.5 Å². The first-order valence-electron chi connectivity index (χ1n) is 5.27. The van der Waals surface area contributed by atoms with E-state index in [1.165, 1.54) is 12.1 Å². The largest absolute Gasteiger partial charge is 0.449 e. The Labute approximate surface area is 107 Å². The number of furan rings is 1. The third kappa shape index (κ3) is 2.87. The van der Waals surface area contributed by atoms with Crippen molar-refractivity contribution in [3.8, 4) is 6.07 Å². The van der Waals surface area contributed by atoms with Crippen molar-refractivity contribution in [2.75, 3.05) is 5.32 Å². The van der Waals surface area contributed by atoms with Gasteiger partial charge in [-0.2, -0.15) is 9.65 Å². The Morgan fingerprint density at radius 2 is 2.21 bits per heavy atom. The Morgan fingerprint density at radius 1 is 1.42 bits per heavy atom. The second-order valence-electron chi connectivity index (χ2n) is 3.65. The fourth-order valence-corrected chi connectivity index (χ4v) is 1.49. The number of nitro benzene ring substituents is 1. The van der Waals surface area contributed by atoms with E-state index in [-0.39, 0.29) is 12.3 Å². The van der Waals surface area contributed by atoms with Crippen molar-refractivity contribution in [1.29, 1.82) is 5.26 Å². The number of benzene rings is 1. The topological polar surface area (TPSA) is 92.1 Å². The van der Waals surface area contributed by atoms with Gasteiger partial charge in [0, 0.05) is 17.8 Å². The predicted molar refractivity (Wildman–Crippen MR) is 63.8 cm³/mol. The maximum atomic E-state index is 13.3. The lowest BCUT2D eigenvalue weighted by molar-refractivity contribution is -0.387. The second kappa shape index (κ2) is 5.18. The van der Waals surface area contributed by atoms with Gasteiger partial charge < -0.3 is 9.73 Å².